The van der Waals surface area contributed by atoms with Gasteiger partial charge in [-0.15, -0.1) is 0 Å². The number of piperidine rings is 1. The summed E-state index contributed by atoms with van der Waals surface area (Å²) in [6.07, 6.45) is 3.48. The smallest absolute Gasteiger partial charge is 0.123 e. The molecule has 0 N–H and O–H groups in total. The summed E-state index contributed by atoms with van der Waals surface area (Å²) in [6.45, 7) is 4.34. The van der Waals surface area contributed by atoms with Crippen LogP contribution in [0.1, 0.15) is 19.8 Å². The first kappa shape index (κ1) is 8.72. The minimum Gasteiger partial charge on any atom is -0.306 e. The maximum absolute atomic E-state index is 10.5. The second kappa shape index (κ2) is 3.86. The quantitative estimate of drug-likeness (QED) is 0.558. The van der Waals surface area contributed by atoms with E-state index in [2.05, 4.69) is 11.9 Å². The molecular formula is C9H17NO. The van der Waals surface area contributed by atoms with Crippen molar-refractivity contribution in [1.29, 1.82) is 0 Å². The van der Waals surface area contributed by atoms with Crippen LogP contribution in [-0.2, 0) is 4.79 Å². The Labute approximate surface area is 68.6 Å². The topological polar surface area (TPSA) is 20.3 Å². The third-order valence-corrected chi connectivity index (χ3v) is 2.72. The fourth-order valence-electron chi connectivity index (χ4n) is 1.67. The first-order chi connectivity index (χ1) is 5.24. The van der Waals surface area contributed by atoms with Gasteiger partial charge in [0.2, 0.25) is 0 Å². The number of rotatable bonds is 2. The average Bonchev–Trinajstić information content (AvgIpc) is 2.05. The standard InChI is InChI=1S/C9H17NO/c1-8(7-11)9-3-5-10(2)6-4-9/h7-9H,3-6H2,1-2H3. The molecule has 1 rings (SSSR count). The maximum atomic E-state index is 10.5. The van der Waals surface area contributed by atoms with Gasteiger partial charge in [0.25, 0.3) is 0 Å². The zero-order valence-corrected chi connectivity index (χ0v) is 7.42. The second-order valence-corrected chi connectivity index (χ2v) is 3.64. The van der Waals surface area contributed by atoms with E-state index in [1.807, 2.05) is 6.92 Å². The van der Waals surface area contributed by atoms with Crippen molar-refractivity contribution >= 4 is 6.29 Å². The van der Waals surface area contributed by atoms with Crippen LogP contribution in [0.15, 0.2) is 0 Å². The van der Waals surface area contributed by atoms with Gasteiger partial charge in [-0.3, -0.25) is 0 Å². The number of likely N-dealkylation sites (tertiary alicyclic amines) is 1. The zero-order chi connectivity index (χ0) is 8.27. The van der Waals surface area contributed by atoms with E-state index in [1.54, 1.807) is 0 Å². The second-order valence-electron chi connectivity index (χ2n) is 3.64. The molecule has 64 valence electrons. The third kappa shape index (κ3) is 2.29. The maximum Gasteiger partial charge on any atom is 0.123 e. The molecule has 0 aliphatic carbocycles. The molecule has 0 aromatic carbocycles. The number of aldehydes is 1. The third-order valence-electron chi connectivity index (χ3n) is 2.72. The molecule has 0 spiro atoms. The highest BCUT2D eigenvalue weighted by Gasteiger charge is 2.21. The molecule has 1 aliphatic heterocycles. The van der Waals surface area contributed by atoms with E-state index in [0.29, 0.717) is 5.92 Å². The molecule has 2 nitrogen and oxygen atoms in total. The van der Waals surface area contributed by atoms with Crippen molar-refractivity contribution in [3.05, 3.63) is 0 Å². The molecule has 0 bridgehead atoms. The fraction of sp³-hybridized carbons (Fsp3) is 0.889. The molecule has 0 aromatic rings. The van der Waals surface area contributed by atoms with Gasteiger partial charge in [0.15, 0.2) is 0 Å². The van der Waals surface area contributed by atoms with Crippen molar-refractivity contribution in [2.24, 2.45) is 11.8 Å². The summed E-state index contributed by atoms with van der Waals surface area (Å²) < 4.78 is 0. The molecule has 0 radical (unpaired) electrons. The Morgan fingerprint density at radius 3 is 2.45 bits per heavy atom. The normalized spacial score (nSPS) is 24.9. The molecule has 0 aromatic heterocycles. The van der Waals surface area contributed by atoms with E-state index in [-0.39, 0.29) is 5.92 Å². The molecule has 1 saturated heterocycles. The summed E-state index contributed by atoms with van der Waals surface area (Å²) in [5, 5.41) is 0. The summed E-state index contributed by atoms with van der Waals surface area (Å²) >= 11 is 0. The van der Waals surface area contributed by atoms with E-state index >= 15 is 0 Å². The Morgan fingerprint density at radius 2 is 2.00 bits per heavy atom. The van der Waals surface area contributed by atoms with Gasteiger partial charge in [-0.1, -0.05) is 6.92 Å². The van der Waals surface area contributed by atoms with Crippen LogP contribution in [0.25, 0.3) is 0 Å². The Morgan fingerprint density at radius 1 is 1.45 bits per heavy atom. The van der Waals surface area contributed by atoms with Crippen molar-refractivity contribution in [3.63, 3.8) is 0 Å². The van der Waals surface area contributed by atoms with Crippen molar-refractivity contribution < 1.29 is 4.79 Å². The van der Waals surface area contributed by atoms with Crippen LogP contribution in [0.3, 0.4) is 0 Å². The zero-order valence-electron chi connectivity index (χ0n) is 7.42. The van der Waals surface area contributed by atoms with E-state index in [1.165, 1.54) is 12.8 Å². The predicted molar refractivity (Wildman–Crippen MR) is 45.4 cm³/mol. The molecular weight excluding hydrogens is 138 g/mol. The van der Waals surface area contributed by atoms with Crippen LogP contribution in [0.4, 0.5) is 0 Å². The van der Waals surface area contributed by atoms with E-state index in [0.717, 1.165) is 19.4 Å². The SMILES string of the molecule is CC(C=O)C1CCN(C)CC1. The van der Waals surface area contributed by atoms with Crippen LogP contribution in [0, 0.1) is 11.8 Å². The van der Waals surface area contributed by atoms with Crippen molar-refractivity contribution in [2.75, 3.05) is 20.1 Å². The Hall–Kier alpha value is -0.370. The molecule has 0 amide bonds. The number of nitrogens with zero attached hydrogens (tertiary/aromatic N) is 1. The van der Waals surface area contributed by atoms with Gasteiger partial charge in [-0.2, -0.15) is 0 Å². The van der Waals surface area contributed by atoms with Crippen molar-refractivity contribution in [1.82, 2.24) is 4.90 Å². The van der Waals surface area contributed by atoms with Gasteiger partial charge in [-0.05, 0) is 38.9 Å². The first-order valence-electron chi connectivity index (χ1n) is 4.38. The largest absolute Gasteiger partial charge is 0.306 e. The van der Waals surface area contributed by atoms with Gasteiger partial charge in [0.1, 0.15) is 6.29 Å². The van der Waals surface area contributed by atoms with Crippen LogP contribution >= 0.6 is 0 Å². The summed E-state index contributed by atoms with van der Waals surface area (Å²) in [7, 11) is 2.14. The Kier molecular flexibility index (Phi) is 3.06. The molecule has 0 saturated carbocycles. The Balaban J connectivity index is 2.32. The lowest BCUT2D eigenvalue weighted by molar-refractivity contribution is -0.112. The minimum absolute atomic E-state index is 0.267. The highest BCUT2D eigenvalue weighted by Crippen LogP contribution is 2.22. The summed E-state index contributed by atoms with van der Waals surface area (Å²) in [6, 6.07) is 0. The molecule has 2 heteroatoms. The van der Waals surface area contributed by atoms with Gasteiger partial charge < -0.3 is 9.69 Å². The molecule has 1 unspecified atom stereocenters. The predicted octanol–water partition coefficient (Wildman–Crippen LogP) is 1.16. The summed E-state index contributed by atoms with van der Waals surface area (Å²) in [4.78, 5) is 12.8. The molecule has 1 aliphatic rings. The molecule has 11 heavy (non-hydrogen) atoms. The highest BCUT2D eigenvalue weighted by molar-refractivity contribution is 5.53. The molecule has 1 fully saturated rings. The minimum atomic E-state index is 0.267. The van der Waals surface area contributed by atoms with Crippen molar-refractivity contribution in [3.8, 4) is 0 Å². The van der Waals surface area contributed by atoms with Gasteiger partial charge in [-0.25, -0.2) is 0 Å². The highest BCUT2D eigenvalue weighted by atomic mass is 16.1. The number of hydrogen-bond donors (Lipinski definition) is 0. The van der Waals surface area contributed by atoms with E-state index in [4.69, 9.17) is 0 Å². The summed E-state index contributed by atoms with van der Waals surface area (Å²) in [5.41, 5.74) is 0. The van der Waals surface area contributed by atoms with Gasteiger partial charge in [0.05, 0.1) is 0 Å². The van der Waals surface area contributed by atoms with Crippen LogP contribution < -0.4 is 0 Å². The van der Waals surface area contributed by atoms with Crippen LogP contribution in [0.2, 0.25) is 0 Å². The van der Waals surface area contributed by atoms with Gasteiger partial charge >= 0.3 is 0 Å². The van der Waals surface area contributed by atoms with Crippen LogP contribution in [0.5, 0.6) is 0 Å². The van der Waals surface area contributed by atoms with Crippen LogP contribution in [-0.4, -0.2) is 31.3 Å². The number of carbonyl (C=O) groups excluding carboxylic acids is 1. The molecule has 1 atom stereocenters. The number of hydrogen-bond acceptors (Lipinski definition) is 2. The average molecular weight is 155 g/mol. The fourth-order valence-corrected chi connectivity index (χ4v) is 1.67. The summed E-state index contributed by atoms with van der Waals surface area (Å²) in [5.74, 6) is 0.910. The van der Waals surface area contributed by atoms with E-state index < -0.39 is 0 Å². The lowest BCUT2D eigenvalue weighted by Crippen LogP contribution is -2.32. The first-order valence-corrected chi connectivity index (χ1v) is 4.38. The molecule has 1 heterocycles. The number of carbonyl (C=O) groups is 1. The lowest BCUT2D eigenvalue weighted by Gasteiger charge is -2.30. The van der Waals surface area contributed by atoms with Crippen molar-refractivity contribution in [2.45, 2.75) is 19.8 Å². The van der Waals surface area contributed by atoms with Gasteiger partial charge in [0, 0.05) is 5.92 Å². The van der Waals surface area contributed by atoms with E-state index in [9.17, 15) is 4.79 Å². The monoisotopic (exact) mass is 155 g/mol. The Bertz CT molecular complexity index is 128. The lowest BCUT2D eigenvalue weighted by atomic mass is 9.86.